The topological polar surface area (TPSA) is 84.9 Å². The summed E-state index contributed by atoms with van der Waals surface area (Å²) < 4.78 is 36.1. The van der Waals surface area contributed by atoms with Crippen LogP contribution in [0.4, 0.5) is 5.69 Å². The molecule has 0 aromatic heterocycles. The second-order valence-electron chi connectivity index (χ2n) is 6.70. The second-order valence-corrected chi connectivity index (χ2v) is 9.71. The van der Waals surface area contributed by atoms with Gasteiger partial charge in [-0.15, -0.1) is 0 Å². The predicted molar refractivity (Wildman–Crippen MR) is 122 cm³/mol. The fraction of sp³-hybridized carbons (Fsp3) is 0.381. The Hall–Kier alpha value is -2.39. The summed E-state index contributed by atoms with van der Waals surface area (Å²) in [6.07, 6.45) is 1.05. The molecule has 0 unspecified atom stereocenters. The van der Waals surface area contributed by atoms with Crippen LogP contribution in [0.5, 0.6) is 11.5 Å². The highest BCUT2D eigenvalue weighted by Crippen LogP contribution is 2.33. The first-order valence-corrected chi connectivity index (χ1v) is 12.3. The van der Waals surface area contributed by atoms with Crippen molar-refractivity contribution in [2.45, 2.75) is 12.7 Å². The molecule has 2 rings (SSSR count). The van der Waals surface area contributed by atoms with Crippen LogP contribution >= 0.6 is 11.8 Å². The number of anilines is 1. The van der Waals surface area contributed by atoms with E-state index in [1.165, 1.54) is 31.4 Å². The van der Waals surface area contributed by atoms with E-state index in [0.717, 1.165) is 22.1 Å². The fourth-order valence-corrected chi connectivity index (χ4v) is 4.47. The zero-order valence-corrected chi connectivity index (χ0v) is 19.3. The first-order chi connectivity index (χ1) is 14.2. The number of hydrogen-bond acceptors (Lipinski definition) is 6. The van der Waals surface area contributed by atoms with Crippen LogP contribution in [0.15, 0.2) is 42.5 Å². The largest absolute Gasteiger partial charge is 0.497 e. The van der Waals surface area contributed by atoms with Crippen LogP contribution in [0, 0.1) is 6.92 Å². The van der Waals surface area contributed by atoms with E-state index in [1.54, 1.807) is 23.9 Å². The number of nitrogens with zero attached hydrogens (tertiary/aromatic N) is 1. The maximum absolute atomic E-state index is 12.4. The minimum Gasteiger partial charge on any atom is -0.497 e. The number of carbonyl (C=O) groups is 1. The van der Waals surface area contributed by atoms with Crippen molar-refractivity contribution in [2.75, 3.05) is 43.6 Å². The highest BCUT2D eigenvalue weighted by molar-refractivity contribution is 7.98. The molecule has 0 heterocycles. The number of thioether (sulfide) groups is 1. The molecule has 0 aliphatic carbocycles. The minimum atomic E-state index is -3.71. The first-order valence-electron chi connectivity index (χ1n) is 9.34. The van der Waals surface area contributed by atoms with Crippen molar-refractivity contribution in [3.05, 3.63) is 53.6 Å². The van der Waals surface area contributed by atoms with E-state index in [2.05, 4.69) is 30.4 Å². The quantitative estimate of drug-likeness (QED) is 0.528. The summed E-state index contributed by atoms with van der Waals surface area (Å²) in [5.41, 5.74) is 2.71. The molecule has 0 aliphatic heterocycles. The Morgan fingerprint density at radius 1 is 1.13 bits per heavy atom. The SMILES string of the molecule is COc1ccc(OC)c(N(CC(=O)NCCSCc2cccc(C)c2)S(C)(=O)=O)c1. The lowest BCUT2D eigenvalue weighted by atomic mass is 10.2. The van der Waals surface area contributed by atoms with Gasteiger partial charge < -0.3 is 14.8 Å². The predicted octanol–water partition coefficient (Wildman–Crippen LogP) is 2.83. The molecule has 164 valence electrons. The van der Waals surface area contributed by atoms with Crippen molar-refractivity contribution in [1.29, 1.82) is 0 Å². The van der Waals surface area contributed by atoms with Gasteiger partial charge in [0.2, 0.25) is 15.9 Å². The molecular formula is C21H28N2O5S2. The van der Waals surface area contributed by atoms with Gasteiger partial charge in [-0.25, -0.2) is 8.42 Å². The van der Waals surface area contributed by atoms with Gasteiger partial charge in [0.15, 0.2) is 0 Å². The highest BCUT2D eigenvalue weighted by atomic mass is 32.2. The van der Waals surface area contributed by atoms with E-state index in [9.17, 15) is 13.2 Å². The van der Waals surface area contributed by atoms with E-state index in [4.69, 9.17) is 9.47 Å². The Balaban J connectivity index is 1.95. The van der Waals surface area contributed by atoms with Gasteiger partial charge in [-0.2, -0.15) is 11.8 Å². The van der Waals surface area contributed by atoms with Gasteiger partial charge in [-0.1, -0.05) is 29.8 Å². The fourth-order valence-electron chi connectivity index (χ4n) is 2.81. The number of nitrogens with one attached hydrogen (secondary N) is 1. The molecule has 0 bridgehead atoms. The smallest absolute Gasteiger partial charge is 0.240 e. The van der Waals surface area contributed by atoms with E-state index in [-0.39, 0.29) is 18.1 Å². The number of sulfonamides is 1. The lowest BCUT2D eigenvalue weighted by Crippen LogP contribution is -2.41. The lowest BCUT2D eigenvalue weighted by Gasteiger charge is -2.24. The molecule has 7 nitrogen and oxygen atoms in total. The standard InChI is InChI=1S/C21H28N2O5S2/c1-16-6-5-7-17(12-16)15-29-11-10-22-21(24)14-23(30(4,25)26)19-13-18(27-2)8-9-20(19)28-3/h5-9,12-13H,10-11,14-15H2,1-4H3,(H,22,24). The van der Waals surface area contributed by atoms with Crippen molar-refractivity contribution >= 4 is 33.4 Å². The van der Waals surface area contributed by atoms with Gasteiger partial charge >= 0.3 is 0 Å². The number of amides is 1. The Morgan fingerprint density at radius 2 is 1.90 bits per heavy atom. The summed E-state index contributed by atoms with van der Waals surface area (Å²) >= 11 is 1.71. The lowest BCUT2D eigenvalue weighted by molar-refractivity contribution is -0.119. The summed E-state index contributed by atoms with van der Waals surface area (Å²) in [4.78, 5) is 12.4. The molecule has 9 heteroatoms. The Labute approximate surface area is 182 Å². The normalized spacial score (nSPS) is 11.1. The van der Waals surface area contributed by atoms with Crippen LogP contribution in [0.25, 0.3) is 0 Å². The molecule has 0 fully saturated rings. The number of ether oxygens (including phenoxy) is 2. The molecule has 1 N–H and O–H groups in total. The minimum absolute atomic E-state index is 0.253. The number of hydrogen-bond donors (Lipinski definition) is 1. The molecule has 0 radical (unpaired) electrons. The molecule has 2 aromatic carbocycles. The molecule has 30 heavy (non-hydrogen) atoms. The zero-order chi connectivity index (χ0) is 22.1. The van der Waals surface area contributed by atoms with Crippen LogP contribution < -0.4 is 19.1 Å². The van der Waals surface area contributed by atoms with Crippen LogP contribution in [-0.2, 0) is 20.6 Å². The average molecular weight is 453 g/mol. The van der Waals surface area contributed by atoms with Gasteiger partial charge in [-0.3, -0.25) is 9.10 Å². The highest BCUT2D eigenvalue weighted by Gasteiger charge is 2.24. The van der Waals surface area contributed by atoms with Gasteiger partial charge in [0, 0.05) is 24.1 Å². The van der Waals surface area contributed by atoms with Gasteiger partial charge in [0.1, 0.15) is 18.0 Å². The van der Waals surface area contributed by atoms with Crippen LogP contribution in [0.2, 0.25) is 0 Å². The summed E-state index contributed by atoms with van der Waals surface area (Å²) in [6, 6.07) is 13.1. The maximum Gasteiger partial charge on any atom is 0.240 e. The van der Waals surface area contributed by atoms with Crippen molar-refractivity contribution in [3.63, 3.8) is 0 Å². The monoisotopic (exact) mass is 452 g/mol. The van der Waals surface area contributed by atoms with E-state index in [0.29, 0.717) is 18.0 Å². The molecule has 2 aromatic rings. The van der Waals surface area contributed by atoms with Gasteiger partial charge in [-0.05, 0) is 24.6 Å². The average Bonchev–Trinajstić information content (AvgIpc) is 2.70. The Morgan fingerprint density at radius 3 is 2.53 bits per heavy atom. The summed E-state index contributed by atoms with van der Waals surface area (Å²) in [7, 11) is -0.789. The molecule has 0 atom stereocenters. The molecule has 0 saturated carbocycles. The molecule has 0 aliphatic rings. The van der Waals surface area contributed by atoms with Crippen LogP contribution in [-0.4, -0.2) is 53.6 Å². The number of benzene rings is 2. The number of methoxy groups -OCH3 is 2. The molecular weight excluding hydrogens is 424 g/mol. The van der Waals surface area contributed by atoms with Crippen molar-refractivity contribution in [3.8, 4) is 11.5 Å². The van der Waals surface area contributed by atoms with Gasteiger partial charge in [0.25, 0.3) is 0 Å². The Bertz CT molecular complexity index is 964. The summed E-state index contributed by atoms with van der Waals surface area (Å²) in [5, 5.41) is 2.78. The summed E-state index contributed by atoms with van der Waals surface area (Å²) in [6.45, 7) is 2.16. The van der Waals surface area contributed by atoms with E-state index < -0.39 is 10.0 Å². The third-order valence-electron chi connectivity index (χ3n) is 4.26. The zero-order valence-electron chi connectivity index (χ0n) is 17.7. The second kappa shape index (κ2) is 11.1. The van der Waals surface area contributed by atoms with E-state index >= 15 is 0 Å². The summed E-state index contributed by atoms with van der Waals surface area (Å²) in [5.74, 6) is 1.99. The van der Waals surface area contributed by atoms with Crippen molar-refractivity contribution in [2.24, 2.45) is 0 Å². The third-order valence-corrected chi connectivity index (χ3v) is 6.42. The third kappa shape index (κ3) is 7.14. The molecule has 0 spiro atoms. The van der Waals surface area contributed by atoms with Crippen LogP contribution in [0.1, 0.15) is 11.1 Å². The number of aryl methyl sites for hydroxylation is 1. The van der Waals surface area contributed by atoms with E-state index in [1.807, 2.05) is 6.07 Å². The van der Waals surface area contributed by atoms with Crippen LogP contribution in [0.3, 0.4) is 0 Å². The van der Waals surface area contributed by atoms with Gasteiger partial charge in [0.05, 0.1) is 26.2 Å². The Kier molecular flexibility index (Phi) is 8.86. The first kappa shape index (κ1) is 23.9. The molecule has 0 saturated heterocycles. The number of carbonyl (C=O) groups excluding carboxylic acids is 1. The number of rotatable bonds is 11. The maximum atomic E-state index is 12.4. The molecule has 1 amide bonds. The van der Waals surface area contributed by atoms with Crippen molar-refractivity contribution in [1.82, 2.24) is 5.32 Å². The van der Waals surface area contributed by atoms with Crippen molar-refractivity contribution < 1.29 is 22.7 Å².